The molecule has 0 aliphatic carbocycles. The van der Waals surface area contributed by atoms with Crippen LogP contribution in [0.3, 0.4) is 0 Å². The van der Waals surface area contributed by atoms with Crippen LogP contribution in [0.15, 0.2) is 60.7 Å². The highest BCUT2D eigenvalue weighted by Gasteiger charge is 2.34. The van der Waals surface area contributed by atoms with Gasteiger partial charge < -0.3 is 94.0 Å². The lowest BCUT2D eigenvalue weighted by atomic mass is 10.0. The summed E-state index contributed by atoms with van der Waals surface area (Å²) in [7, 11) is 0. The normalized spacial score (nSPS) is 12.8. The predicted molar refractivity (Wildman–Crippen MR) is 342 cm³/mol. The number of carbonyl (C=O) groups excluding carboxylic acids is 7. The van der Waals surface area contributed by atoms with Crippen molar-refractivity contribution in [2.24, 2.45) is 5.92 Å². The van der Waals surface area contributed by atoms with Crippen molar-refractivity contribution in [3.63, 3.8) is 0 Å². The van der Waals surface area contributed by atoms with Crippen molar-refractivity contribution in [1.82, 2.24) is 63.0 Å². The molecular weight excluding hydrogens is 1280 g/mol. The van der Waals surface area contributed by atoms with Gasteiger partial charge in [-0.05, 0) is 68.9 Å². The maximum atomic E-state index is 14.3. The fourth-order valence-electron chi connectivity index (χ4n) is 9.48. The van der Waals surface area contributed by atoms with E-state index in [0.29, 0.717) is 49.7 Å². The van der Waals surface area contributed by atoms with E-state index < -0.39 is 153 Å². The van der Waals surface area contributed by atoms with Gasteiger partial charge >= 0.3 is 53.8 Å². The molecule has 18 N–H and O–H groups in total. The van der Waals surface area contributed by atoms with Crippen molar-refractivity contribution in [3.8, 4) is 0 Å². The molecular formula is C62H92N12O23. The van der Waals surface area contributed by atoms with Crippen LogP contribution in [-0.4, -0.2) is 255 Å². The third-order valence-corrected chi connectivity index (χ3v) is 14.7. The van der Waals surface area contributed by atoms with Gasteiger partial charge in [0.1, 0.15) is 30.2 Å². The maximum Gasteiger partial charge on any atom is 0.326 e. The first kappa shape index (κ1) is 83.2. The van der Waals surface area contributed by atoms with Crippen LogP contribution < -0.4 is 53.2 Å². The third kappa shape index (κ3) is 39.6. The van der Waals surface area contributed by atoms with Crippen molar-refractivity contribution in [2.75, 3.05) is 85.1 Å². The van der Waals surface area contributed by atoms with Crippen molar-refractivity contribution in [1.29, 1.82) is 0 Å². The zero-order valence-corrected chi connectivity index (χ0v) is 53.8. The molecule has 0 saturated heterocycles. The minimum absolute atomic E-state index is 0.0322. The number of carboxylic acid groups (broad SMARTS) is 8. The number of aliphatic carboxylic acids is 8. The Morgan fingerprint density at radius 1 is 0.351 bits per heavy atom. The van der Waals surface area contributed by atoms with E-state index in [2.05, 4.69) is 47.9 Å². The molecule has 538 valence electrons. The molecule has 0 aliphatic rings. The lowest BCUT2D eigenvalue weighted by Gasteiger charge is -2.26. The number of hydrogen-bond acceptors (Lipinski definition) is 19. The standard InChI is InChI=1S/C62H92N12O23/c75-48(21-9-1-2-10-22-49(76)66-26-14-12-20-44(60(93)94)71-62(97)72-45(61(95)96)23-24-51(78)79)65-25-13-11-19-43(59(91)92)68-56(87)47(34-41-17-7-4-8-18-41)70-57(88)46(33-40-15-5-3-6-16-40)69-55(86)42(58(89)90)35-67-50(77)36-63-27-29-73(38-53(82)83)31-32-74(39-54(84)85)30-28-64-37-52(80)81/h3-8,15-18,42-47,63-64H,1-2,9-14,19-39H2,(H,65,75)(H,66,76)(H,67,77)(H,68,87)(H,69,86)(H,70,88)(H,78,79)(H,80,81)(H,82,83)(H,84,85)(H,89,90)(H,91,92)(H,93,94)(H,95,96)(H2,71,72,97)/t42?,43?,44-,45-,46?,47?/m0/s1. The number of hydrogen-bond donors (Lipinski definition) is 18. The Bertz CT molecular complexity index is 2890. The van der Waals surface area contributed by atoms with Gasteiger partial charge in [0.05, 0.1) is 26.2 Å². The van der Waals surface area contributed by atoms with E-state index in [4.69, 9.17) is 10.2 Å². The third-order valence-electron chi connectivity index (χ3n) is 14.7. The van der Waals surface area contributed by atoms with E-state index in [1.165, 1.54) is 9.80 Å². The van der Waals surface area contributed by atoms with E-state index >= 15 is 0 Å². The summed E-state index contributed by atoms with van der Waals surface area (Å²) in [5, 5.41) is 100. The predicted octanol–water partition coefficient (Wildman–Crippen LogP) is -2.15. The highest BCUT2D eigenvalue weighted by Crippen LogP contribution is 2.12. The zero-order valence-electron chi connectivity index (χ0n) is 53.8. The summed E-state index contributed by atoms with van der Waals surface area (Å²) in [5.41, 5.74) is 1.07. The summed E-state index contributed by atoms with van der Waals surface area (Å²) in [6, 6.07) is 8.27. The van der Waals surface area contributed by atoms with Gasteiger partial charge in [-0.3, -0.25) is 62.5 Å². The van der Waals surface area contributed by atoms with E-state index in [1.807, 2.05) is 5.32 Å². The molecule has 0 saturated carbocycles. The lowest BCUT2D eigenvalue weighted by molar-refractivity contribution is -0.148. The quantitative estimate of drug-likeness (QED) is 0.0248. The first-order valence-electron chi connectivity index (χ1n) is 31.6. The number of benzene rings is 2. The van der Waals surface area contributed by atoms with E-state index in [9.17, 15) is 103 Å². The second-order valence-electron chi connectivity index (χ2n) is 22.6. The molecule has 2 aromatic rings. The first-order chi connectivity index (χ1) is 46.1. The number of amides is 8. The van der Waals surface area contributed by atoms with Crippen LogP contribution in [0.5, 0.6) is 0 Å². The average Bonchev–Trinajstić information content (AvgIpc) is 0.924. The van der Waals surface area contributed by atoms with Gasteiger partial charge in [-0.25, -0.2) is 19.2 Å². The SMILES string of the molecule is O=C(O)CC[C@H](NC(=O)N[C@@H](CCCCNC(=O)CCCCCCC(=O)NCCCCC(NC(=O)C(Cc1ccccc1)NC(=O)C(Cc1ccccc1)NC(=O)C(CNC(=O)CNCCN(CCN(CCNCC(=O)O)CC(=O)O)CC(=O)O)C(=O)O)C(=O)O)C(=O)O)C(=O)O. The van der Waals surface area contributed by atoms with Crippen LogP contribution in [0.25, 0.3) is 0 Å². The van der Waals surface area contributed by atoms with Gasteiger partial charge in [-0.15, -0.1) is 0 Å². The summed E-state index contributed by atoms with van der Waals surface area (Å²) in [6.07, 6.45) is 2.54. The number of urea groups is 1. The molecule has 35 heteroatoms. The minimum Gasteiger partial charge on any atom is -0.481 e. The topological polar surface area (TPSA) is 545 Å². The molecule has 0 fully saturated rings. The van der Waals surface area contributed by atoms with Crippen molar-refractivity contribution < 1.29 is 113 Å². The Hall–Kier alpha value is -9.87. The minimum atomic E-state index is -1.94. The molecule has 2 rings (SSSR count). The van der Waals surface area contributed by atoms with Crippen LogP contribution in [0.1, 0.15) is 101 Å². The largest absolute Gasteiger partial charge is 0.481 e. The first-order valence-corrected chi connectivity index (χ1v) is 31.6. The van der Waals surface area contributed by atoms with Crippen molar-refractivity contribution in [2.45, 2.75) is 133 Å². The number of nitrogens with one attached hydrogen (secondary N) is 10. The second-order valence-corrected chi connectivity index (χ2v) is 22.6. The van der Waals surface area contributed by atoms with E-state index in [1.54, 1.807) is 60.7 Å². The fraction of sp³-hybridized carbons (Fsp3) is 0.565. The molecule has 0 aromatic heterocycles. The second kappa shape index (κ2) is 47.9. The van der Waals surface area contributed by atoms with Crippen molar-refractivity contribution >= 4 is 89.2 Å². The van der Waals surface area contributed by atoms with Gasteiger partial charge in [0.25, 0.3) is 0 Å². The summed E-state index contributed by atoms with van der Waals surface area (Å²) in [6.45, 7) is -1.33. The number of nitrogens with zero attached hydrogens (tertiary/aromatic N) is 2. The molecule has 0 aliphatic heterocycles. The zero-order chi connectivity index (χ0) is 72.1. The molecule has 6 atom stereocenters. The Morgan fingerprint density at radius 3 is 1.18 bits per heavy atom. The van der Waals surface area contributed by atoms with E-state index in [-0.39, 0.29) is 122 Å². The number of carboxylic acids is 8. The maximum absolute atomic E-state index is 14.3. The fourth-order valence-corrected chi connectivity index (χ4v) is 9.48. The van der Waals surface area contributed by atoms with Crippen molar-refractivity contribution in [3.05, 3.63) is 71.8 Å². The molecule has 0 spiro atoms. The number of rotatable bonds is 55. The van der Waals surface area contributed by atoms with E-state index in [0.717, 1.165) is 0 Å². The number of carbonyl (C=O) groups is 15. The summed E-state index contributed by atoms with van der Waals surface area (Å²) < 4.78 is 0. The monoisotopic (exact) mass is 1370 g/mol. The Morgan fingerprint density at radius 2 is 0.763 bits per heavy atom. The Labute approximate surface area is 559 Å². The van der Waals surface area contributed by atoms with Gasteiger partial charge in [0, 0.05) is 91.0 Å². The molecule has 0 bridgehead atoms. The lowest BCUT2D eigenvalue weighted by Crippen LogP contribution is -2.58. The number of unbranched alkanes of at least 4 members (excludes halogenated alkanes) is 5. The molecule has 4 unspecified atom stereocenters. The Kier molecular flexibility index (Phi) is 41.1. The summed E-state index contributed by atoms with van der Waals surface area (Å²) in [5.74, 6) is -16.8. The van der Waals surface area contributed by atoms with Crippen LogP contribution >= 0.6 is 0 Å². The molecule has 0 radical (unpaired) electrons. The van der Waals surface area contributed by atoms with Gasteiger partial charge in [-0.2, -0.15) is 0 Å². The van der Waals surface area contributed by atoms with Gasteiger partial charge in [0.2, 0.25) is 35.4 Å². The van der Waals surface area contributed by atoms with Gasteiger partial charge in [0.15, 0.2) is 5.92 Å². The Balaban J connectivity index is 1.91. The van der Waals surface area contributed by atoms with Crippen LogP contribution in [0.4, 0.5) is 4.79 Å². The molecule has 97 heavy (non-hydrogen) atoms. The van der Waals surface area contributed by atoms with Crippen LogP contribution in [0, 0.1) is 5.92 Å². The molecule has 35 nitrogen and oxygen atoms in total. The molecule has 8 amide bonds. The smallest absolute Gasteiger partial charge is 0.326 e. The van der Waals surface area contributed by atoms with Crippen LogP contribution in [0.2, 0.25) is 0 Å². The summed E-state index contributed by atoms with van der Waals surface area (Å²) in [4.78, 5) is 188. The summed E-state index contributed by atoms with van der Waals surface area (Å²) >= 11 is 0. The molecule has 0 heterocycles. The highest BCUT2D eigenvalue weighted by molar-refractivity contribution is 6.00. The highest BCUT2D eigenvalue weighted by atomic mass is 16.4. The average molecular weight is 1370 g/mol. The van der Waals surface area contributed by atoms with Gasteiger partial charge in [-0.1, -0.05) is 73.5 Å². The molecule has 2 aromatic carbocycles. The van der Waals surface area contributed by atoms with Crippen LogP contribution in [-0.2, 0) is 80.0 Å².